The summed E-state index contributed by atoms with van der Waals surface area (Å²) in [7, 11) is 0. The monoisotopic (exact) mass is 183 g/mol. The molecule has 3 atom stereocenters. The van der Waals surface area contributed by atoms with E-state index in [4.69, 9.17) is 0 Å². The van der Waals surface area contributed by atoms with Crippen molar-refractivity contribution in [1.82, 2.24) is 5.32 Å². The second kappa shape index (κ2) is 4.99. The van der Waals surface area contributed by atoms with Gasteiger partial charge in [-0.25, -0.2) is 0 Å². The Labute approximate surface area is 83.3 Å². The van der Waals surface area contributed by atoms with Crippen LogP contribution in [0.4, 0.5) is 0 Å². The van der Waals surface area contributed by atoms with Gasteiger partial charge in [0.15, 0.2) is 0 Å². The number of nitrogens with one attached hydrogen (secondary N) is 1. The lowest BCUT2D eigenvalue weighted by Crippen LogP contribution is -2.34. The van der Waals surface area contributed by atoms with Gasteiger partial charge in [0.1, 0.15) is 0 Å². The van der Waals surface area contributed by atoms with Gasteiger partial charge < -0.3 is 5.32 Å². The van der Waals surface area contributed by atoms with Gasteiger partial charge >= 0.3 is 0 Å². The van der Waals surface area contributed by atoms with Gasteiger partial charge in [0.05, 0.1) is 0 Å². The van der Waals surface area contributed by atoms with E-state index < -0.39 is 0 Å². The average molecular weight is 183 g/mol. The van der Waals surface area contributed by atoms with E-state index in [1.54, 1.807) is 0 Å². The van der Waals surface area contributed by atoms with Crippen molar-refractivity contribution in [2.24, 2.45) is 17.8 Å². The van der Waals surface area contributed by atoms with E-state index in [1.165, 1.54) is 25.8 Å². The fourth-order valence-electron chi connectivity index (χ4n) is 2.46. The molecule has 0 spiro atoms. The van der Waals surface area contributed by atoms with E-state index in [0.29, 0.717) is 0 Å². The van der Waals surface area contributed by atoms with E-state index in [0.717, 1.165) is 23.8 Å². The first kappa shape index (κ1) is 11.0. The quantitative estimate of drug-likeness (QED) is 0.694. The minimum Gasteiger partial charge on any atom is -0.314 e. The Morgan fingerprint density at radius 3 is 2.62 bits per heavy atom. The first-order valence-corrected chi connectivity index (χ1v) is 5.83. The van der Waals surface area contributed by atoms with Gasteiger partial charge in [0.25, 0.3) is 0 Å². The third-order valence-electron chi connectivity index (χ3n) is 3.23. The van der Waals surface area contributed by atoms with Crippen molar-refractivity contribution in [3.8, 4) is 0 Å². The first-order chi connectivity index (χ1) is 6.09. The smallest absolute Gasteiger partial charge is 0.00952 e. The fourth-order valence-corrected chi connectivity index (χ4v) is 2.46. The van der Waals surface area contributed by atoms with Gasteiger partial charge in [-0.3, -0.25) is 0 Å². The second-order valence-corrected chi connectivity index (χ2v) is 5.30. The molecular formula is C12H25N. The predicted molar refractivity (Wildman–Crippen MR) is 58.8 cm³/mol. The van der Waals surface area contributed by atoms with Crippen molar-refractivity contribution in [3.63, 3.8) is 0 Å². The highest BCUT2D eigenvalue weighted by atomic mass is 14.9. The molecule has 1 N–H and O–H groups in total. The minimum absolute atomic E-state index is 0.768. The lowest BCUT2D eigenvalue weighted by Gasteiger charge is -2.24. The molecule has 0 aliphatic carbocycles. The lowest BCUT2D eigenvalue weighted by molar-refractivity contribution is 0.318. The molecule has 3 unspecified atom stereocenters. The van der Waals surface area contributed by atoms with Crippen LogP contribution in [0.5, 0.6) is 0 Å². The zero-order valence-electron chi connectivity index (χ0n) is 9.64. The van der Waals surface area contributed by atoms with Crippen LogP contribution in [0.1, 0.15) is 47.0 Å². The highest BCUT2D eigenvalue weighted by Crippen LogP contribution is 2.24. The number of hydrogen-bond acceptors (Lipinski definition) is 1. The molecule has 78 valence electrons. The molecule has 0 aromatic carbocycles. The molecule has 0 amide bonds. The first-order valence-electron chi connectivity index (χ1n) is 5.83. The van der Waals surface area contributed by atoms with Crippen LogP contribution in [0.3, 0.4) is 0 Å². The molecule has 1 nitrogen and oxygen atoms in total. The van der Waals surface area contributed by atoms with Gasteiger partial charge in [0, 0.05) is 6.04 Å². The summed E-state index contributed by atoms with van der Waals surface area (Å²) in [4.78, 5) is 0. The molecule has 1 saturated heterocycles. The van der Waals surface area contributed by atoms with Gasteiger partial charge in [-0.1, -0.05) is 27.7 Å². The molecule has 1 fully saturated rings. The van der Waals surface area contributed by atoms with E-state index >= 15 is 0 Å². The average Bonchev–Trinajstić information content (AvgIpc) is 2.13. The van der Waals surface area contributed by atoms with Crippen molar-refractivity contribution < 1.29 is 0 Å². The summed E-state index contributed by atoms with van der Waals surface area (Å²) in [5.74, 6) is 2.60. The Kier molecular flexibility index (Phi) is 4.24. The standard InChI is InChI=1S/C12H25N/c1-9(2)7-12-11(4)8-10(3)5-6-13-12/h9-13H,5-8H2,1-4H3. The van der Waals surface area contributed by atoms with E-state index in [-0.39, 0.29) is 0 Å². The maximum Gasteiger partial charge on any atom is 0.00952 e. The molecule has 13 heavy (non-hydrogen) atoms. The molecule has 1 heterocycles. The molecule has 1 heteroatoms. The van der Waals surface area contributed by atoms with Crippen molar-refractivity contribution in [2.45, 2.75) is 53.0 Å². The van der Waals surface area contributed by atoms with E-state index in [2.05, 4.69) is 33.0 Å². The summed E-state index contributed by atoms with van der Waals surface area (Å²) < 4.78 is 0. The van der Waals surface area contributed by atoms with Crippen molar-refractivity contribution >= 4 is 0 Å². The van der Waals surface area contributed by atoms with Crippen LogP contribution >= 0.6 is 0 Å². The van der Waals surface area contributed by atoms with Gasteiger partial charge in [0.2, 0.25) is 0 Å². The zero-order valence-corrected chi connectivity index (χ0v) is 9.64. The molecule has 0 bridgehead atoms. The van der Waals surface area contributed by atoms with Crippen LogP contribution < -0.4 is 5.32 Å². The summed E-state index contributed by atoms with van der Waals surface area (Å²) >= 11 is 0. The number of hydrogen-bond donors (Lipinski definition) is 1. The lowest BCUT2D eigenvalue weighted by atomic mass is 9.88. The Balaban J connectivity index is 2.43. The van der Waals surface area contributed by atoms with Crippen LogP contribution in [-0.2, 0) is 0 Å². The van der Waals surface area contributed by atoms with Crippen LogP contribution in [0, 0.1) is 17.8 Å². The van der Waals surface area contributed by atoms with Gasteiger partial charge in [-0.2, -0.15) is 0 Å². The highest BCUT2D eigenvalue weighted by molar-refractivity contribution is 4.79. The Bertz CT molecular complexity index is 142. The molecule has 0 saturated carbocycles. The van der Waals surface area contributed by atoms with Crippen LogP contribution in [0.25, 0.3) is 0 Å². The summed E-state index contributed by atoms with van der Waals surface area (Å²) in [5.41, 5.74) is 0. The van der Waals surface area contributed by atoms with Crippen molar-refractivity contribution in [1.29, 1.82) is 0 Å². The SMILES string of the molecule is CC(C)CC1NCCC(C)CC1C. The van der Waals surface area contributed by atoms with E-state index in [9.17, 15) is 0 Å². The maximum absolute atomic E-state index is 3.69. The normalized spacial score (nSPS) is 36.2. The second-order valence-electron chi connectivity index (χ2n) is 5.30. The van der Waals surface area contributed by atoms with Crippen molar-refractivity contribution in [3.05, 3.63) is 0 Å². The summed E-state index contributed by atoms with van der Waals surface area (Å²) in [6.07, 6.45) is 4.11. The van der Waals surface area contributed by atoms with Crippen LogP contribution in [0.15, 0.2) is 0 Å². The summed E-state index contributed by atoms with van der Waals surface area (Å²) in [6, 6.07) is 0.768. The minimum atomic E-state index is 0.768. The summed E-state index contributed by atoms with van der Waals surface area (Å²) in [5, 5.41) is 3.69. The molecule has 1 rings (SSSR count). The highest BCUT2D eigenvalue weighted by Gasteiger charge is 2.22. The number of rotatable bonds is 2. The van der Waals surface area contributed by atoms with Gasteiger partial charge in [-0.15, -0.1) is 0 Å². The third-order valence-corrected chi connectivity index (χ3v) is 3.23. The Morgan fingerprint density at radius 2 is 2.00 bits per heavy atom. The van der Waals surface area contributed by atoms with Crippen LogP contribution in [-0.4, -0.2) is 12.6 Å². The Morgan fingerprint density at radius 1 is 1.31 bits per heavy atom. The summed E-state index contributed by atoms with van der Waals surface area (Å²) in [6.45, 7) is 10.7. The molecule has 1 aliphatic rings. The van der Waals surface area contributed by atoms with E-state index in [1.807, 2.05) is 0 Å². The predicted octanol–water partition coefficient (Wildman–Crippen LogP) is 3.06. The Hall–Kier alpha value is -0.0400. The van der Waals surface area contributed by atoms with Crippen molar-refractivity contribution in [2.75, 3.05) is 6.54 Å². The molecule has 0 aromatic heterocycles. The van der Waals surface area contributed by atoms with Gasteiger partial charge in [-0.05, 0) is 43.6 Å². The fraction of sp³-hybridized carbons (Fsp3) is 1.00. The van der Waals surface area contributed by atoms with Crippen LogP contribution in [0.2, 0.25) is 0 Å². The zero-order chi connectivity index (χ0) is 9.84. The maximum atomic E-state index is 3.69. The molecule has 1 aliphatic heterocycles. The third kappa shape index (κ3) is 3.68. The molecule has 0 radical (unpaired) electrons. The topological polar surface area (TPSA) is 12.0 Å². The molecule has 0 aromatic rings. The largest absolute Gasteiger partial charge is 0.314 e. The molecular weight excluding hydrogens is 158 g/mol.